The zero-order chi connectivity index (χ0) is 17.6. The molecule has 0 atom stereocenters. The Morgan fingerprint density at radius 2 is 1.96 bits per heavy atom. The molecular weight excluding hydrogens is 342 g/mol. The van der Waals surface area contributed by atoms with E-state index in [9.17, 15) is 4.79 Å². The third kappa shape index (κ3) is 4.57. The highest BCUT2D eigenvalue weighted by Crippen LogP contribution is 2.37. The minimum Gasteiger partial charge on any atom is -0.492 e. The third-order valence-corrected chi connectivity index (χ3v) is 4.02. The smallest absolute Gasteiger partial charge is 0.251 e. The normalized spacial score (nSPS) is 13.0. The Labute approximate surface area is 151 Å². The molecule has 0 aliphatic carbocycles. The summed E-state index contributed by atoms with van der Waals surface area (Å²) in [5.41, 5.74) is 1.61. The van der Waals surface area contributed by atoms with Crippen LogP contribution in [0.15, 0.2) is 36.4 Å². The lowest BCUT2D eigenvalue weighted by Crippen LogP contribution is -2.28. The number of rotatable bonds is 5. The van der Waals surface area contributed by atoms with E-state index in [2.05, 4.69) is 5.32 Å². The van der Waals surface area contributed by atoms with Gasteiger partial charge in [-0.2, -0.15) is 0 Å². The molecule has 0 saturated carbocycles. The van der Waals surface area contributed by atoms with Gasteiger partial charge in [-0.05, 0) is 31.2 Å². The molecule has 0 aromatic heterocycles. The summed E-state index contributed by atoms with van der Waals surface area (Å²) in [5.74, 6) is 1.55. The lowest BCUT2D eigenvalue weighted by molar-refractivity contribution is 0.0946. The van der Waals surface area contributed by atoms with Gasteiger partial charge in [0, 0.05) is 12.0 Å². The summed E-state index contributed by atoms with van der Waals surface area (Å²) in [5, 5.41) is 3.19. The van der Waals surface area contributed by atoms with Gasteiger partial charge in [-0.15, -0.1) is 0 Å². The van der Waals surface area contributed by atoms with E-state index in [1.54, 1.807) is 12.1 Å². The van der Waals surface area contributed by atoms with E-state index in [4.69, 9.17) is 25.8 Å². The van der Waals surface area contributed by atoms with Gasteiger partial charge in [0.2, 0.25) is 0 Å². The van der Waals surface area contributed by atoms with Crippen molar-refractivity contribution in [3.05, 3.63) is 52.5 Å². The van der Waals surface area contributed by atoms with E-state index in [0.717, 1.165) is 12.2 Å². The van der Waals surface area contributed by atoms with E-state index in [1.807, 2.05) is 31.2 Å². The summed E-state index contributed by atoms with van der Waals surface area (Å²) in [6.07, 6.45) is 0.781. The fraction of sp³-hybridized carbons (Fsp3) is 0.316. The van der Waals surface area contributed by atoms with Gasteiger partial charge in [0.1, 0.15) is 12.4 Å². The molecule has 5 nitrogen and oxygen atoms in total. The van der Waals surface area contributed by atoms with Gasteiger partial charge in [-0.3, -0.25) is 4.79 Å². The van der Waals surface area contributed by atoms with Crippen LogP contribution in [-0.4, -0.2) is 32.3 Å². The Balaban J connectivity index is 1.55. The first-order chi connectivity index (χ1) is 12.1. The van der Waals surface area contributed by atoms with E-state index in [1.165, 1.54) is 5.56 Å². The van der Waals surface area contributed by atoms with Gasteiger partial charge in [-0.25, -0.2) is 0 Å². The van der Waals surface area contributed by atoms with Crippen molar-refractivity contribution in [2.45, 2.75) is 13.3 Å². The average Bonchev–Trinajstić information content (AvgIpc) is 2.86. The number of carbonyl (C=O) groups is 1. The molecule has 0 bridgehead atoms. The van der Waals surface area contributed by atoms with Gasteiger partial charge in [0.25, 0.3) is 5.91 Å². The number of hydrogen-bond donors (Lipinski definition) is 1. The number of carbonyl (C=O) groups excluding carboxylic acids is 1. The molecule has 0 radical (unpaired) electrons. The van der Waals surface area contributed by atoms with Crippen LogP contribution < -0.4 is 19.5 Å². The van der Waals surface area contributed by atoms with Crippen LogP contribution >= 0.6 is 11.6 Å². The highest BCUT2D eigenvalue weighted by molar-refractivity contribution is 6.32. The summed E-state index contributed by atoms with van der Waals surface area (Å²) in [6, 6.07) is 11.0. The summed E-state index contributed by atoms with van der Waals surface area (Å²) < 4.78 is 16.8. The monoisotopic (exact) mass is 361 g/mol. The third-order valence-electron chi connectivity index (χ3n) is 3.74. The van der Waals surface area contributed by atoms with Gasteiger partial charge in [0.05, 0.1) is 24.8 Å². The Morgan fingerprint density at radius 3 is 2.76 bits per heavy atom. The zero-order valence-corrected chi connectivity index (χ0v) is 14.8. The van der Waals surface area contributed by atoms with Crippen LogP contribution in [0.1, 0.15) is 22.3 Å². The molecule has 0 spiro atoms. The summed E-state index contributed by atoms with van der Waals surface area (Å²) in [6.45, 7) is 3.88. The molecule has 3 rings (SSSR count). The lowest BCUT2D eigenvalue weighted by atomic mass is 10.2. The largest absolute Gasteiger partial charge is 0.492 e. The second-order valence-electron chi connectivity index (χ2n) is 5.75. The van der Waals surface area contributed by atoms with Crippen LogP contribution in [-0.2, 0) is 0 Å². The van der Waals surface area contributed by atoms with Crippen molar-refractivity contribution in [2.24, 2.45) is 0 Å². The molecule has 0 fully saturated rings. The first kappa shape index (κ1) is 17.4. The fourth-order valence-electron chi connectivity index (χ4n) is 2.43. The molecular formula is C19H20ClNO4. The van der Waals surface area contributed by atoms with Gasteiger partial charge >= 0.3 is 0 Å². The predicted octanol–water partition coefficient (Wildman–Crippen LogP) is 3.62. The summed E-state index contributed by atoms with van der Waals surface area (Å²) in [7, 11) is 0. The second kappa shape index (κ2) is 8.12. The number of hydrogen-bond acceptors (Lipinski definition) is 4. The maximum Gasteiger partial charge on any atom is 0.251 e. The molecule has 0 unspecified atom stereocenters. The van der Waals surface area contributed by atoms with Crippen molar-refractivity contribution in [1.82, 2.24) is 5.32 Å². The van der Waals surface area contributed by atoms with Crippen LogP contribution in [0, 0.1) is 6.92 Å². The van der Waals surface area contributed by atoms with Crippen LogP contribution in [0.25, 0.3) is 0 Å². The second-order valence-corrected chi connectivity index (χ2v) is 6.16. The van der Waals surface area contributed by atoms with Crippen molar-refractivity contribution in [3.63, 3.8) is 0 Å². The minimum absolute atomic E-state index is 0.231. The standard InChI is InChI=1S/C19H20ClNO4/c1-13-3-5-15(6-4-13)23-10-7-21-19(22)14-11-16(20)18-17(12-14)24-8-2-9-25-18/h3-6,11-12H,2,7-10H2,1H3,(H,21,22). The van der Waals surface area contributed by atoms with Crippen LogP contribution in [0.2, 0.25) is 5.02 Å². The number of aryl methyl sites for hydroxylation is 1. The number of benzene rings is 2. The molecule has 1 N–H and O–H groups in total. The fourth-order valence-corrected chi connectivity index (χ4v) is 2.70. The van der Waals surface area contributed by atoms with Crippen LogP contribution in [0.5, 0.6) is 17.2 Å². The summed E-state index contributed by atoms with van der Waals surface area (Å²) in [4.78, 5) is 12.3. The molecule has 132 valence electrons. The lowest BCUT2D eigenvalue weighted by Gasteiger charge is -2.12. The van der Waals surface area contributed by atoms with Crippen molar-refractivity contribution in [1.29, 1.82) is 0 Å². The molecule has 1 aliphatic heterocycles. The van der Waals surface area contributed by atoms with Crippen molar-refractivity contribution in [2.75, 3.05) is 26.4 Å². The van der Waals surface area contributed by atoms with Gasteiger partial charge in [0.15, 0.2) is 11.5 Å². The molecule has 25 heavy (non-hydrogen) atoms. The number of amides is 1. The average molecular weight is 362 g/mol. The quantitative estimate of drug-likeness (QED) is 0.826. The molecule has 1 heterocycles. The number of nitrogens with one attached hydrogen (secondary N) is 1. The first-order valence-electron chi connectivity index (χ1n) is 8.20. The number of ether oxygens (including phenoxy) is 3. The molecule has 2 aromatic rings. The number of halogens is 1. The molecule has 2 aromatic carbocycles. The molecule has 6 heteroatoms. The Morgan fingerprint density at radius 1 is 1.20 bits per heavy atom. The van der Waals surface area contributed by atoms with Gasteiger partial charge < -0.3 is 19.5 Å². The highest BCUT2D eigenvalue weighted by atomic mass is 35.5. The van der Waals surface area contributed by atoms with Gasteiger partial charge in [-0.1, -0.05) is 29.3 Å². The van der Waals surface area contributed by atoms with Crippen LogP contribution in [0.3, 0.4) is 0 Å². The van der Waals surface area contributed by atoms with E-state index in [-0.39, 0.29) is 5.91 Å². The maximum absolute atomic E-state index is 12.3. The predicted molar refractivity (Wildman–Crippen MR) is 96.1 cm³/mol. The maximum atomic E-state index is 12.3. The Kier molecular flexibility index (Phi) is 5.66. The van der Waals surface area contributed by atoms with E-state index in [0.29, 0.717) is 48.5 Å². The van der Waals surface area contributed by atoms with Crippen molar-refractivity contribution < 1.29 is 19.0 Å². The van der Waals surface area contributed by atoms with Crippen molar-refractivity contribution >= 4 is 17.5 Å². The topological polar surface area (TPSA) is 56.8 Å². The summed E-state index contributed by atoms with van der Waals surface area (Å²) >= 11 is 6.21. The molecule has 1 aliphatic rings. The SMILES string of the molecule is Cc1ccc(OCCNC(=O)c2cc(Cl)c3c(c2)OCCCO3)cc1. The molecule has 1 amide bonds. The first-order valence-corrected chi connectivity index (χ1v) is 8.58. The van der Waals surface area contributed by atoms with Crippen LogP contribution in [0.4, 0.5) is 0 Å². The number of fused-ring (bicyclic) bond motifs is 1. The minimum atomic E-state index is -0.231. The zero-order valence-electron chi connectivity index (χ0n) is 14.0. The Hall–Kier alpha value is -2.40. The molecule has 0 saturated heterocycles. The Bertz CT molecular complexity index is 746. The highest BCUT2D eigenvalue weighted by Gasteiger charge is 2.18. The van der Waals surface area contributed by atoms with Crippen molar-refractivity contribution in [3.8, 4) is 17.2 Å². The van der Waals surface area contributed by atoms with E-state index >= 15 is 0 Å². The van der Waals surface area contributed by atoms with E-state index < -0.39 is 0 Å².